The molecule has 0 atom stereocenters. The summed E-state index contributed by atoms with van der Waals surface area (Å²) in [6.07, 6.45) is 14.1. The third kappa shape index (κ3) is 27.7. The lowest BCUT2D eigenvalue weighted by atomic mass is 10.1. The number of unbranched alkanes of at least 4 members (excludes halogenated alkanes) is 9. The molecule has 0 aromatic heterocycles. The maximum atomic E-state index is 9.92. The zero-order valence-electron chi connectivity index (χ0n) is 16.0. The highest BCUT2D eigenvalue weighted by Crippen LogP contribution is 2.06. The van der Waals surface area contributed by atoms with Crippen molar-refractivity contribution in [2.24, 2.45) is 0 Å². The van der Waals surface area contributed by atoms with E-state index in [1.165, 1.54) is 57.9 Å². The summed E-state index contributed by atoms with van der Waals surface area (Å²) in [6, 6.07) is 0. The van der Waals surface area contributed by atoms with Crippen molar-refractivity contribution in [3.05, 3.63) is 0 Å². The van der Waals surface area contributed by atoms with E-state index in [-0.39, 0.29) is 6.42 Å². The smallest absolute Gasteiger partial charge is 0.0780 e. The van der Waals surface area contributed by atoms with Crippen LogP contribution < -0.4 is 5.11 Å². The van der Waals surface area contributed by atoms with Crippen molar-refractivity contribution in [3.63, 3.8) is 0 Å². The third-order valence-electron chi connectivity index (χ3n) is 3.67. The fraction of sp³-hybridized carbons (Fsp3) is 0.947. The number of rotatable bonds is 13. The quantitative estimate of drug-likeness (QED) is 0.378. The average Bonchev–Trinajstić information content (AvgIpc) is 2.42. The minimum Gasteiger partial charge on any atom is -0.550 e. The zero-order chi connectivity index (χ0) is 17.3. The standard InChI is InChI=1S/C11H26N.C8H16O2/c1-5-6-7-8-9-10-11-12(2,3)4;1-2-3-4-5-6-7-8(9)10/h5-11H2,1-4H3;2-7H2,1H3,(H,9,10)/q+1;/p-1. The molecule has 0 saturated heterocycles. The number of aliphatic carboxylic acids is 1. The number of hydrogen-bond acceptors (Lipinski definition) is 2. The van der Waals surface area contributed by atoms with E-state index < -0.39 is 5.97 Å². The second-order valence-electron chi connectivity index (χ2n) is 7.32. The molecule has 0 saturated carbocycles. The summed E-state index contributed by atoms with van der Waals surface area (Å²) in [5.41, 5.74) is 0. The first-order valence-corrected chi connectivity index (χ1v) is 9.33. The molecular weight excluding hydrogens is 274 g/mol. The van der Waals surface area contributed by atoms with Gasteiger partial charge in [0.2, 0.25) is 0 Å². The van der Waals surface area contributed by atoms with Crippen LogP contribution in [0.5, 0.6) is 0 Å². The van der Waals surface area contributed by atoms with Gasteiger partial charge in [-0.2, -0.15) is 0 Å². The van der Waals surface area contributed by atoms with E-state index in [4.69, 9.17) is 0 Å². The first-order chi connectivity index (χ1) is 10.3. The van der Waals surface area contributed by atoms with E-state index in [9.17, 15) is 9.90 Å². The van der Waals surface area contributed by atoms with Crippen LogP contribution in [0.1, 0.15) is 90.9 Å². The van der Waals surface area contributed by atoms with Gasteiger partial charge in [-0.25, -0.2) is 0 Å². The fourth-order valence-electron chi connectivity index (χ4n) is 2.24. The Morgan fingerprint density at radius 3 is 1.55 bits per heavy atom. The Bertz CT molecular complexity index is 234. The van der Waals surface area contributed by atoms with Crippen LogP contribution >= 0.6 is 0 Å². The molecule has 3 heteroatoms. The van der Waals surface area contributed by atoms with Crippen molar-refractivity contribution in [2.45, 2.75) is 90.9 Å². The Morgan fingerprint density at radius 2 is 1.14 bits per heavy atom. The van der Waals surface area contributed by atoms with Gasteiger partial charge in [0.1, 0.15) is 0 Å². The summed E-state index contributed by atoms with van der Waals surface area (Å²) in [5.74, 6) is -0.920. The van der Waals surface area contributed by atoms with Crippen LogP contribution in [0.2, 0.25) is 0 Å². The molecule has 0 N–H and O–H groups in total. The Kier molecular flexibility index (Phi) is 18.1. The molecule has 0 radical (unpaired) electrons. The topological polar surface area (TPSA) is 40.1 Å². The van der Waals surface area contributed by atoms with Crippen molar-refractivity contribution in [1.82, 2.24) is 0 Å². The van der Waals surface area contributed by atoms with Gasteiger partial charge < -0.3 is 14.4 Å². The van der Waals surface area contributed by atoms with Gasteiger partial charge in [0.25, 0.3) is 0 Å². The maximum absolute atomic E-state index is 9.92. The minimum atomic E-state index is -0.920. The highest BCUT2D eigenvalue weighted by Gasteiger charge is 2.04. The van der Waals surface area contributed by atoms with Gasteiger partial charge in [-0.05, 0) is 25.7 Å². The molecule has 22 heavy (non-hydrogen) atoms. The molecule has 0 fully saturated rings. The van der Waals surface area contributed by atoms with E-state index in [1.54, 1.807) is 0 Å². The van der Waals surface area contributed by atoms with Crippen LogP contribution in [0.25, 0.3) is 0 Å². The Labute approximate surface area is 139 Å². The van der Waals surface area contributed by atoms with Crippen molar-refractivity contribution in [1.29, 1.82) is 0 Å². The molecule has 0 aromatic rings. The Morgan fingerprint density at radius 1 is 0.727 bits per heavy atom. The molecule has 0 spiro atoms. The number of carboxylic acids is 1. The fourth-order valence-corrected chi connectivity index (χ4v) is 2.24. The lowest BCUT2D eigenvalue weighted by Gasteiger charge is -2.23. The highest BCUT2D eigenvalue weighted by molar-refractivity contribution is 5.63. The second kappa shape index (κ2) is 16.8. The first kappa shape index (κ1) is 23.7. The summed E-state index contributed by atoms with van der Waals surface area (Å²) in [5, 5.41) is 9.92. The SMILES string of the molecule is CCCCCCCC(=O)[O-].CCCCCCCC[N+](C)(C)C. The van der Waals surface area contributed by atoms with Crippen molar-refractivity contribution in [2.75, 3.05) is 27.7 Å². The van der Waals surface area contributed by atoms with Crippen LogP contribution in [0.4, 0.5) is 0 Å². The molecule has 3 nitrogen and oxygen atoms in total. The number of nitrogens with zero attached hydrogens (tertiary/aromatic N) is 1. The molecule has 0 aromatic carbocycles. The lowest BCUT2D eigenvalue weighted by Crippen LogP contribution is -2.35. The summed E-state index contributed by atoms with van der Waals surface area (Å²) in [6.45, 7) is 5.73. The molecule has 0 amide bonds. The van der Waals surface area contributed by atoms with Crippen molar-refractivity contribution in [3.8, 4) is 0 Å². The predicted molar refractivity (Wildman–Crippen MR) is 94.7 cm³/mol. The van der Waals surface area contributed by atoms with Gasteiger partial charge >= 0.3 is 0 Å². The van der Waals surface area contributed by atoms with Gasteiger partial charge in [-0.1, -0.05) is 65.2 Å². The van der Waals surface area contributed by atoms with Crippen LogP contribution in [0, 0.1) is 0 Å². The van der Waals surface area contributed by atoms with Gasteiger partial charge in [0, 0.05) is 5.97 Å². The maximum Gasteiger partial charge on any atom is 0.0780 e. The Hall–Kier alpha value is -0.570. The first-order valence-electron chi connectivity index (χ1n) is 9.33. The minimum absolute atomic E-state index is 0.226. The zero-order valence-corrected chi connectivity index (χ0v) is 16.0. The average molecular weight is 316 g/mol. The molecule has 0 heterocycles. The second-order valence-corrected chi connectivity index (χ2v) is 7.32. The molecule has 0 aliphatic rings. The number of carbonyl (C=O) groups is 1. The van der Waals surface area contributed by atoms with Crippen molar-refractivity contribution >= 4 is 5.97 Å². The van der Waals surface area contributed by atoms with Crippen LogP contribution in [0.15, 0.2) is 0 Å². The molecule has 0 unspecified atom stereocenters. The van der Waals surface area contributed by atoms with Crippen LogP contribution in [-0.2, 0) is 4.79 Å². The molecule has 0 rings (SSSR count). The third-order valence-corrected chi connectivity index (χ3v) is 3.67. The summed E-state index contributed by atoms with van der Waals surface area (Å²) >= 11 is 0. The summed E-state index contributed by atoms with van der Waals surface area (Å²) in [7, 11) is 6.81. The highest BCUT2D eigenvalue weighted by atomic mass is 16.4. The molecular formula is C19H41NO2. The van der Waals surface area contributed by atoms with E-state index in [0.29, 0.717) is 0 Å². The number of quaternary nitrogens is 1. The summed E-state index contributed by atoms with van der Waals surface area (Å²) < 4.78 is 1.12. The lowest BCUT2D eigenvalue weighted by molar-refractivity contribution is -0.870. The van der Waals surface area contributed by atoms with Crippen LogP contribution in [0.3, 0.4) is 0 Å². The molecule has 0 bridgehead atoms. The van der Waals surface area contributed by atoms with Crippen molar-refractivity contribution < 1.29 is 14.4 Å². The van der Waals surface area contributed by atoms with Crippen LogP contribution in [-0.4, -0.2) is 38.1 Å². The van der Waals surface area contributed by atoms with E-state index in [2.05, 4.69) is 35.0 Å². The monoisotopic (exact) mass is 315 g/mol. The molecule has 0 aliphatic heterocycles. The molecule has 134 valence electrons. The van der Waals surface area contributed by atoms with Gasteiger partial charge in [-0.15, -0.1) is 0 Å². The van der Waals surface area contributed by atoms with E-state index >= 15 is 0 Å². The number of carbonyl (C=O) groups excluding carboxylic acids is 1. The number of carboxylic acid groups (broad SMARTS) is 1. The molecule has 0 aliphatic carbocycles. The summed E-state index contributed by atoms with van der Waals surface area (Å²) in [4.78, 5) is 9.92. The normalized spacial score (nSPS) is 11.0. The van der Waals surface area contributed by atoms with Gasteiger partial charge in [-0.3, -0.25) is 0 Å². The van der Waals surface area contributed by atoms with E-state index in [1.807, 2.05) is 0 Å². The van der Waals surface area contributed by atoms with Gasteiger partial charge in [0.15, 0.2) is 0 Å². The Balaban J connectivity index is 0. The predicted octanol–water partition coefficient (Wildman–Crippen LogP) is 4.15. The van der Waals surface area contributed by atoms with E-state index in [0.717, 1.165) is 23.7 Å². The number of hydrogen-bond donors (Lipinski definition) is 0. The van der Waals surface area contributed by atoms with Gasteiger partial charge in [0.05, 0.1) is 27.7 Å². The largest absolute Gasteiger partial charge is 0.550 e.